The predicted molar refractivity (Wildman–Crippen MR) is 349 cm³/mol. The third-order valence-corrected chi connectivity index (χ3v) is 16.0. The number of phosphoric acid groups is 1. The van der Waals surface area contributed by atoms with Crippen LogP contribution in [-0.2, 0) is 32.7 Å². The van der Waals surface area contributed by atoms with Gasteiger partial charge in [-0.3, -0.25) is 18.6 Å². The zero-order valence-corrected chi connectivity index (χ0v) is 54.7. The minimum Gasteiger partial charge on any atom is -0.462 e. The minimum atomic E-state index is -4.40. The van der Waals surface area contributed by atoms with Gasteiger partial charge in [-0.25, -0.2) is 4.57 Å². The summed E-state index contributed by atoms with van der Waals surface area (Å²) in [7, 11) is 1.48. The van der Waals surface area contributed by atoms with Gasteiger partial charge in [-0.15, -0.1) is 0 Å². The van der Waals surface area contributed by atoms with Crippen molar-refractivity contribution in [2.75, 3.05) is 47.5 Å². The molecule has 0 aliphatic rings. The molecule has 0 aromatic rings. The van der Waals surface area contributed by atoms with Crippen molar-refractivity contribution in [1.82, 2.24) is 0 Å². The number of ether oxygens (including phenoxy) is 2. The first-order chi connectivity index (χ1) is 39.5. The van der Waals surface area contributed by atoms with Gasteiger partial charge in [-0.1, -0.05) is 311 Å². The molecule has 2 atom stereocenters. The molecule has 0 saturated heterocycles. The second-order valence-corrected chi connectivity index (χ2v) is 25.6. The van der Waals surface area contributed by atoms with Crippen LogP contribution in [0.2, 0.25) is 0 Å². The smallest absolute Gasteiger partial charge is 0.462 e. The maximum absolute atomic E-state index is 12.9. The van der Waals surface area contributed by atoms with E-state index in [2.05, 4.69) is 86.8 Å². The fourth-order valence-corrected chi connectivity index (χ4v) is 10.5. The van der Waals surface area contributed by atoms with Crippen LogP contribution in [0.5, 0.6) is 0 Å². The lowest BCUT2D eigenvalue weighted by Crippen LogP contribution is -2.37. The minimum absolute atomic E-state index is 0.0285. The molecule has 0 fully saturated rings. The van der Waals surface area contributed by atoms with E-state index in [0.717, 1.165) is 83.5 Å². The van der Waals surface area contributed by atoms with Crippen LogP contribution < -0.4 is 0 Å². The molecule has 0 radical (unpaired) electrons. The Hall–Kier alpha value is -2.55. The molecule has 0 saturated carbocycles. The Bertz CT molecular complexity index is 1600. The van der Waals surface area contributed by atoms with Gasteiger partial charge in [0.15, 0.2) is 6.10 Å². The van der Waals surface area contributed by atoms with E-state index in [4.69, 9.17) is 18.5 Å². The highest BCUT2D eigenvalue weighted by molar-refractivity contribution is 7.47. The monoisotopic (exact) mass is 1160 g/mol. The molecule has 0 aliphatic heterocycles. The number of carbonyl (C=O) groups is 2. The average Bonchev–Trinajstić information content (AvgIpc) is 3.43. The lowest BCUT2D eigenvalue weighted by atomic mass is 10.0. The molecular formula is C71H131NO8P+. The van der Waals surface area contributed by atoms with E-state index in [0.29, 0.717) is 17.4 Å². The van der Waals surface area contributed by atoms with Crippen LogP contribution in [0.4, 0.5) is 0 Å². The summed E-state index contributed by atoms with van der Waals surface area (Å²) in [6.07, 6.45) is 82.9. The van der Waals surface area contributed by atoms with Gasteiger partial charge in [-0.2, -0.15) is 0 Å². The Morgan fingerprint density at radius 1 is 0.395 bits per heavy atom. The first-order valence-electron chi connectivity index (χ1n) is 34.2. The SMILES string of the molecule is CC/C=C\C/C=C\C/C=C\C/C=C\C/C=C\C/C=C\CCCCCCCCCCC(=O)OC(COC(=O)CCCCCCCCCCCCCCCCCCCCCCCCCCCCCCCC)COP(=O)(O)OCC[N+](C)(C)C. The van der Waals surface area contributed by atoms with Crippen molar-refractivity contribution in [2.45, 2.75) is 322 Å². The van der Waals surface area contributed by atoms with Gasteiger partial charge in [-0.05, 0) is 64.2 Å². The molecule has 0 spiro atoms. The predicted octanol–water partition coefficient (Wildman–Crippen LogP) is 22.0. The highest BCUT2D eigenvalue weighted by atomic mass is 31.2. The van der Waals surface area contributed by atoms with E-state index in [1.54, 1.807) is 0 Å². The van der Waals surface area contributed by atoms with E-state index < -0.39 is 26.5 Å². The molecule has 0 aliphatic carbocycles. The number of allylic oxidation sites excluding steroid dienone is 12. The molecule has 2 unspecified atom stereocenters. The number of nitrogens with zero attached hydrogens (tertiary/aromatic N) is 1. The zero-order chi connectivity index (χ0) is 59.1. The molecule has 0 rings (SSSR count). The third kappa shape index (κ3) is 66.5. The van der Waals surface area contributed by atoms with Gasteiger partial charge in [0.2, 0.25) is 0 Å². The molecule has 1 N–H and O–H groups in total. The number of likely N-dealkylation sites (N-methyl/N-ethyl adjacent to an activating group) is 1. The number of rotatable bonds is 63. The quantitative estimate of drug-likeness (QED) is 0.0211. The maximum Gasteiger partial charge on any atom is 0.472 e. The summed E-state index contributed by atoms with van der Waals surface area (Å²) in [5.41, 5.74) is 0. The summed E-state index contributed by atoms with van der Waals surface area (Å²) in [6, 6.07) is 0. The zero-order valence-electron chi connectivity index (χ0n) is 53.8. The first-order valence-corrected chi connectivity index (χ1v) is 35.7. The van der Waals surface area contributed by atoms with E-state index in [-0.39, 0.29) is 32.0 Å². The number of carbonyl (C=O) groups excluding carboxylic acids is 2. The van der Waals surface area contributed by atoms with Crippen molar-refractivity contribution in [2.24, 2.45) is 0 Å². The molecule has 472 valence electrons. The number of hydrogen-bond donors (Lipinski definition) is 1. The van der Waals surface area contributed by atoms with Gasteiger partial charge in [0.25, 0.3) is 0 Å². The summed E-state index contributed by atoms with van der Waals surface area (Å²) in [4.78, 5) is 35.8. The summed E-state index contributed by atoms with van der Waals surface area (Å²) in [5.74, 6) is -0.796. The summed E-state index contributed by atoms with van der Waals surface area (Å²) in [5, 5.41) is 0. The van der Waals surface area contributed by atoms with Crippen molar-refractivity contribution < 1.29 is 42.1 Å². The van der Waals surface area contributed by atoms with Crippen molar-refractivity contribution in [3.63, 3.8) is 0 Å². The van der Waals surface area contributed by atoms with E-state index in [1.165, 1.54) is 199 Å². The molecule has 0 bridgehead atoms. The van der Waals surface area contributed by atoms with Gasteiger partial charge in [0.1, 0.15) is 19.8 Å². The number of phosphoric ester groups is 1. The van der Waals surface area contributed by atoms with Crippen LogP contribution >= 0.6 is 7.82 Å². The second kappa shape index (κ2) is 62.0. The average molecular weight is 1160 g/mol. The molecule has 81 heavy (non-hydrogen) atoms. The normalized spacial score (nSPS) is 13.6. The number of unbranched alkanes of at least 4 members (excludes halogenated alkanes) is 37. The molecule has 10 heteroatoms. The van der Waals surface area contributed by atoms with E-state index in [1.807, 2.05) is 21.1 Å². The Morgan fingerprint density at radius 2 is 0.704 bits per heavy atom. The molecule has 0 aromatic carbocycles. The van der Waals surface area contributed by atoms with Crippen LogP contribution in [0.25, 0.3) is 0 Å². The molecule has 0 aromatic heterocycles. The summed E-state index contributed by atoms with van der Waals surface area (Å²) < 4.78 is 34.7. The molecule has 9 nitrogen and oxygen atoms in total. The molecule has 0 amide bonds. The van der Waals surface area contributed by atoms with Crippen LogP contribution in [0.1, 0.15) is 316 Å². The molecular weight excluding hydrogens is 1030 g/mol. The van der Waals surface area contributed by atoms with E-state index >= 15 is 0 Å². The van der Waals surface area contributed by atoms with Crippen molar-refractivity contribution in [3.8, 4) is 0 Å². The highest BCUT2D eigenvalue weighted by Gasteiger charge is 2.27. The summed E-state index contributed by atoms with van der Waals surface area (Å²) in [6.45, 7) is 4.35. The van der Waals surface area contributed by atoms with Crippen LogP contribution in [0.15, 0.2) is 72.9 Å². The summed E-state index contributed by atoms with van der Waals surface area (Å²) >= 11 is 0. The van der Waals surface area contributed by atoms with Crippen molar-refractivity contribution >= 4 is 19.8 Å². The fourth-order valence-electron chi connectivity index (χ4n) is 9.79. The largest absolute Gasteiger partial charge is 0.472 e. The standard InChI is InChI=1S/C71H130NO8P/c1-6-8-10-12-14-16-18-20-22-24-26-28-30-32-34-35-36-38-39-41-43-45-47-49-51-53-55-57-59-61-63-70(73)77-67-69(68-79-81(75,76)78-66-65-72(3,4)5)80-71(74)64-62-60-58-56-54-52-50-48-46-44-42-40-37-33-31-29-27-25-23-21-19-17-15-13-11-9-7-2/h9,11,15,17,21,23,27,29,33,37,42,44,69H,6-8,10,12-14,16,18-20,22,24-26,28,30-32,34-36,38-41,43,45-68H2,1-5H3/p+1/b11-9-,17-15-,23-21-,29-27-,37-33-,44-42-. The van der Waals surface area contributed by atoms with Gasteiger partial charge < -0.3 is 18.9 Å². The van der Waals surface area contributed by atoms with Crippen molar-refractivity contribution in [3.05, 3.63) is 72.9 Å². The number of hydrogen-bond acceptors (Lipinski definition) is 7. The van der Waals surface area contributed by atoms with Gasteiger partial charge in [0.05, 0.1) is 27.7 Å². The van der Waals surface area contributed by atoms with E-state index in [9.17, 15) is 19.0 Å². The molecule has 0 heterocycles. The Kier molecular flexibility index (Phi) is 60.0. The Labute approximate surface area is 501 Å². The number of quaternary nitrogens is 1. The van der Waals surface area contributed by atoms with Gasteiger partial charge in [0, 0.05) is 12.8 Å². The Morgan fingerprint density at radius 3 is 1.05 bits per heavy atom. The topological polar surface area (TPSA) is 108 Å². The van der Waals surface area contributed by atoms with Crippen LogP contribution in [0, 0.1) is 0 Å². The van der Waals surface area contributed by atoms with Crippen molar-refractivity contribution in [1.29, 1.82) is 0 Å². The maximum atomic E-state index is 12.9. The fraction of sp³-hybridized carbons (Fsp3) is 0.803. The lowest BCUT2D eigenvalue weighted by molar-refractivity contribution is -0.870. The number of esters is 2. The van der Waals surface area contributed by atoms with Gasteiger partial charge >= 0.3 is 19.8 Å². The Balaban J connectivity index is 4.06. The first kappa shape index (κ1) is 78.5. The van der Waals surface area contributed by atoms with Crippen LogP contribution in [-0.4, -0.2) is 74.9 Å². The lowest BCUT2D eigenvalue weighted by Gasteiger charge is -2.24. The second-order valence-electron chi connectivity index (χ2n) is 24.2. The third-order valence-electron chi connectivity index (χ3n) is 15.0. The highest BCUT2D eigenvalue weighted by Crippen LogP contribution is 2.43. The van der Waals surface area contributed by atoms with Crippen LogP contribution in [0.3, 0.4) is 0 Å².